The van der Waals surface area contributed by atoms with Gasteiger partial charge in [0.1, 0.15) is 0 Å². The maximum Gasteiger partial charge on any atom is 0.0856 e. The van der Waals surface area contributed by atoms with Crippen molar-refractivity contribution in [1.29, 1.82) is 0 Å². The van der Waals surface area contributed by atoms with Gasteiger partial charge in [-0.25, -0.2) is 0 Å². The summed E-state index contributed by atoms with van der Waals surface area (Å²) in [6.07, 6.45) is 12.7. The van der Waals surface area contributed by atoms with E-state index in [2.05, 4.69) is 6.92 Å². The highest BCUT2D eigenvalue weighted by Gasteiger charge is 1.98. The Labute approximate surface area is 72.7 Å². The number of hydrogen-bond donors (Lipinski definition) is 0. The van der Waals surface area contributed by atoms with Gasteiger partial charge in [-0.3, -0.25) is 0 Å². The second-order valence-corrected chi connectivity index (χ2v) is 2.69. The van der Waals surface area contributed by atoms with Crippen molar-refractivity contribution in [3.63, 3.8) is 0 Å². The third-order valence-corrected chi connectivity index (χ3v) is 1.92. The lowest BCUT2D eigenvalue weighted by Gasteiger charge is -2.13. The number of nitrogens with zero attached hydrogens (tertiary/aromatic N) is 1. The summed E-state index contributed by atoms with van der Waals surface area (Å²) in [6.45, 7) is 2.06. The summed E-state index contributed by atoms with van der Waals surface area (Å²) in [5.74, 6) is 0. The molecule has 0 aromatic rings. The first-order valence-corrected chi connectivity index (χ1v) is 4.08. The van der Waals surface area contributed by atoms with Crippen molar-refractivity contribution in [1.82, 2.24) is 4.90 Å². The van der Waals surface area contributed by atoms with Crippen molar-refractivity contribution >= 4 is 17.2 Å². The molecule has 1 nitrogen and oxygen atoms in total. The van der Waals surface area contributed by atoms with Crippen LogP contribution in [0.25, 0.3) is 0 Å². The molecule has 0 fully saturated rings. The van der Waals surface area contributed by atoms with Crippen LogP contribution < -0.4 is 0 Å². The van der Waals surface area contributed by atoms with Gasteiger partial charge in [-0.05, 0) is 18.6 Å². The third kappa shape index (κ3) is 2.31. The molecule has 1 aliphatic heterocycles. The topological polar surface area (TPSA) is 3.24 Å². The van der Waals surface area contributed by atoms with Crippen LogP contribution in [-0.4, -0.2) is 9.89 Å². The predicted octanol–water partition coefficient (Wildman–Crippen LogP) is 2.62. The van der Waals surface area contributed by atoms with Gasteiger partial charge >= 0.3 is 0 Å². The predicted molar refractivity (Wildman–Crippen MR) is 52.1 cm³/mol. The quantitative estimate of drug-likeness (QED) is 0.549. The van der Waals surface area contributed by atoms with Gasteiger partial charge in [0.25, 0.3) is 0 Å². The fourth-order valence-electron chi connectivity index (χ4n) is 0.812. The van der Waals surface area contributed by atoms with Gasteiger partial charge in [-0.15, -0.1) is 0 Å². The van der Waals surface area contributed by atoms with Gasteiger partial charge in [0.15, 0.2) is 0 Å². The van der Waals surface area contributed by atoms with E-state index in [1.807, 2.05) is 41.6 Å². The number of allylic oxidation sites excluding steroid dienone is 4. The van der Waals surface area contributed by atoms with Crippen molar-refractivity contribution in [3.05, 3.63) is 36.7 Å². The van der Waals surface area contributed by atoms with Gasteiger partial charge in [0.05, 0.1) is 4.99 Å². The Morgan fingerprint density at radius 2 is 1.73 bits per heavy atom. The van der Waals surface area contributed by atoms with E-state index >= 15 is 0 Å². The lowest BCUT2D eigenvalue weighted by Crippen LogP contribution is -2.15. The van der Waals surface area contributed by atoms with Crippen molar-refractivity contribution < 1.29 is 0 Å². The van der Waals surface area contributed by atoms with Crippen molar-refractivity contribution in [3.8, 4) is 0 Å². The minimum Gasteiger partial charge on any atom is -0.318 e. The second kappa shape index (κ2) is 4.09. The smallest absolute Gasteiger partial charge is 0.0856 e. The van der Waals surface area contributed by atoms with Gasteiger partial charge in [0, 0.05) is 12.4 Å². The zero-order valence-electron chi connectivity index (χ0n) is 6.53. The van der Waals surface area contributed by atoms with Gasteiger partial charge in [-0.2, -0.15) is 0 Å². The highest BCUT2D eigenvalue weighted by molar-refractivity contribution is 7.80. The molecule has 0 unspecified atom stereocenters. The molecule has 0 aromatic heterocycles. The minimum absolute atomic E-state index is 0.907. The zero-order chi connectivity index (χ0) is 8.10. The molecule has 1 aliphatic rings. The fourth-order valence-corrected chi connectivity index (χ4v) is 0.933. The molecule has 0 saturated carbocycles. The maximum atomic E-state index is 5.13. The van der Waals surface area contributed by atoms with Crippen LogP contribution in [0.15, 0.2) is 36.7 Å². The molecule has 0 radical (unpaired) electrons. The molecule has 1 heterocycles. The molecule has 0 spiro atoms. The summed E-state index contributed by atoms with van der Waals surface area (Å²) in [6, 6.07) is 0. The fraction of sp³-hybridized carbons (Fsp3) is 0.222. The lowest BCUT2D eigenvalue weighted by atomic mass is 10.4. The Morgan fingerprint density at radius 3 is 2.18 bits per heavy atom. The van der Waals surface area contributed by atoms with Crippen LogP contribution in [0.4, 0.5) is 0 Å². The number of hydrogen-bond acceptors (Lipinski definition) is 1. The first-order valence-electron chi connectivity index (χ1n) is 3.67. The second-order valence-electron chi connectivity index (χ2n) is 2.22. The van der Waals surface area contributed by atoms with E-state index in [4.69, 9.17) is 12.2 Å². The Balaban J connectivity index is 2.67. The van der Waals surface area contributed by atoms with Crippen molar-refractivity contribution in [2.75, 3.05) is 0 Å². The monoisotopic (exact) mass is 165 g/mol. The van der Waals surface area contributed by atoms with E-state index in [1.165, 1.54) is 0 Å². The maximum absolute atomic E-state index is 5.13. The van der Waals surface area contributed by atoms with Crippen molar-refractivity contribution in [2.45, 2.75) is 13.3 Å². The molecular formula is C9H11NS. The highest BCUT2D eigenvalue weighted by atomic mass is 32.1. The normalized spacial score (nSPS) is 15.2. The lowest BCUT2D eigenvalue weighted by molar-refractivity contribution is 0.756. The van der Waals surface area contributed by atoms with Gasteiger partial charge in [0.2, 0.25) is 0 Å². The van der Waals surface area contributed by atoms with Gasteiger partial charge < -0.3 is 4.90 Å². The van der Waals surface area contributed by atoms with E-state index < -0.39 is 0 Å². The SMILES string of the molecule is CCC(=S)N1C=CC=CC=C1. The summed E-state index contributed by atoms with van der Waals surface area (Å²) in [7, 11) is 0. The van der Waals surface area contributed by atoms with Crippen molar-refractivity contribution in [2.24, 2.45) is 0 Å². The van der Waals surface area contributed by atoms with E-state index in [-0.39, 0.29) is 0 Å². The first-order chi connectivity index (χ1) is 5.34. The van der Waals surface area contributed by atoms with Crippen LogP contribution in [-0.2, 0) is 0 Å². The summed E-state index contributed by atoms with van der Waals surface area (Å²) in [5.41, 5.74) is 0. The Kier molecular flexibility index (Phi) is 3.05. The molecule has 11 heavy (non-hydrogen) atoms. The molecule has 0 amide bonds. The molecule has 0 bridgehead atoms. The minimum atomic E-state index is 0.907. The number of thiocarbonyl (C=S) groups is 1. The van der Waals surface area contributed by atoms with Crippen LogP contribution in [0.1, 0.15) is 13.3 Å². The largest absolute Gasteiger partial charge is 0.318 e. The zero-order valence-corrected chi connectivity index (χ0v) is 7.34. The average Bonchev–Trinajstić information content (AvgIpc) is 2.30. The molecule has 0 saturated heterocycles. The number of rotatable bonds is 1. The molecule has 0 aliphatic carbocycles. The standard InChI is InChI=1S/C9H11NS/c1-2-9(11)10-7-5-3-4-6-8-10/h3-8H,2H2,1H3. The van der Waals surface area contributed by atoms with E-state index in [0.717, 1.165) is 11.4 Å². The Morgan fingerprint density at radius 1 is 1.18 bits per heavy atom. The highest BCUT2D eigenvalue weighted by Crippen LogP contribution is 2.02. The Bertz CT molecular complexity index is 210. The average molecular weight is 165 g/mol. The molecule has 0 N–H and O–H groups in total. The molecule has 58 valence electrons. The van der Waals surface area contributed by atoms with Gasteiger partial charge in [-0.1, -0.05) is 31.3 Å². The molecule has 2 heteroatoms. The molecular weight excluding hydrogens is 154 g/mol. The van der Waals surface area contributed by atoms with Crippen LogP contribution in [0.3, 0.4) is 0 Å². The summed E-state index contributed by atoms with van der Waals surface area (Å²) in [4.78, 5) is 2.90. The van der Waals surface area contributed by atoms with Crippen LogP contribution >= 0.6 is 12.2 Å². The summed E-state index contributed by atoms with van der Waals surface area (Å²) in [5, 5.41) is 0. The third-order valence-electron chi connectivity index (χ3n) is 1.42. The van der Waals surface area contributed by atoms with E-state index in [9.17, 15) is 0 Å². The molecule has 1 rings (SSSR count). The molecule has 0 aromatic carbocycles. The molecule has 0 atom stereocenters. The van der Waals surface area contributed by atoms with E-state index in [0.29, 0.717) is 0 Å². The summed E-state index contributed by atoms with van der Waals surface area (Å²) >= 11 is 5.13. The van der Waals surface area contributed by atoms with Crippen LogP contribution in [0.5, 0.6) is 0 Å². The van der Waals surface area contributed by atoms with Crippen LogP contribution in [0, 0.1) is 0 Å². The first kappa shape index (κ1) is 8.21. The van der Waals surface area contributed by atoms with E-state index in [1.54, 1.807) is 0 Å². The van der Waals surface area contributed by atoms with Crippen LogP contribution in [0.2, 0.25) is 0 Å². The summed E-state index contributed by atoms with van der Waals surface area (Å²) < 4.78 is 0. The Hall–Kier alpha value is -0.890.